The Labute approximate surface area is 112 Å². The second kappa shape index (κ2) is 5.91. The minimum Gasteiger partial charge on any atom is -0.335 e. The molecule has 1 aromatic heterocycles. The highest BCUT2D eigenvalue weighted by Crippen LogP contribution is 2.34. The summed E-state index contributed by atoms with van der Waals surface area (Å²) in [6.45, 7) is 3.06. The number of hydrogen-bond donors (Lipinski definition) is 1. The van der Waals surface area contributed by atoms with Gasteiger partial charge in [0.2, 0.25) is 5.91 Å². The Balaban J connectivity index is 2.14. The van der Waals surface area contributed by atoms with Gasteiger partial charge in [0.1, 0.15) is 0 Å². The van der Waals surface area contributed by atoms with E-state index in [9.17, 15) is 4.79 Å². The average Bonchev–Trinajstić information content (AvgIpc) is 2.95. The predicted octanol–water partition coefficient (Wildman–Crippen LogP) is 3.37. The fraction of sp³-hybridized carbons (Fsp3) is 0.615. The molecular formula is C13H19NOS2. The van der Waals surface area contributed by atoms with Gasteiger partial charge in [-0.15, -0.1) is 11.3 Å². The molecule has 0 aliphatic carbocycles. The molecule has 1 aliphatic heterocycles. The van der Waals surface area contributed by atoms with E-state index in [0.717, 1.165) is 25.1 Å². The number of likely N-dealkylation sites (tertiary alicyclic amines) is 1. The Morgan fingerprint density at radius 3 is 3.00 bits per heavy atom. The van der Waals surface area contributed by atoms with Crippen LogP contribution in [0, 0.1) is 5.92 Å². The first-order valence-electron chi connectivity index (χ1n) is 6.20. The Morgan fingerprint density at radius 1 is 1.65 bits per heavy atom. The van der Waals surface area contributed by atoms with Crippen LogP contribution >= 0.6 is 24.0 Å². The quantitative estimate of drug-likeness (QED) is 0.813. The van der Waals surface area contributed by atoms with Crippen molar-refractivity contribution in [3.8, 4) is 0 Å². The molecule has 0 spiro atoms. The summed E-state index contributed by atoms with van der Waals surface area (Å²) >= 11 is 6.07. The molecule has 2 heterocycles. The number of carbonyl (C=O) groups is 1. The van der Waals surface area contributed by atoms with Crippen LogP contribution in [0.4, 0.5) is 0 Å². The molecule has 0 saturated carbocycles. The van der Waals surface area contributed by atoms with E-state index < -0.39 is 0 Å². The smallest absolute Gasteiger partial charge is 0.223 e. The molecular weight excluding hydrogens is 250 g/mol. The maximum Gasteiger partial charge on any atom is 0.223 e. The molecule has 2 atom stereocenters. The van der Waals surface area contributed by atoms with Gasteiger partial charge in [0.25, 0.3) is 0 Å². The van der Waals surface area contributed by atoms with Gasteiger partial charge in [0, 0.05) is 17.8 Å². The van der Waals surface area contributed by atoms with E-state index in [0.29, 0.717) is 18.2 Å². The van der Waals surface area contributed by atoms with Gasteiger partial charge in [-0.1, -0.05) is 19.4 Å². The summed E-state index contributed by atoms with van der Waals surface area (Å²) in [5.41, 5.74) is 0. The standard InChI is InChI=1S/C13H19NOS2/c1-2-4-11(12-5-3-6-17-12)14-8-10(9-16)7-13(14)15/h3,5-6,10-11,16H,2,4,7-9H2,1H3. The maximum absolute atomic E-state index is 12.1. The van der Waals surface area contributed by atoms with E-state index in [1.807, 2.05) is 0 Å². The molecule has 1 aromatic rings. The zero-order chi connectivity index (χ0) is 12.3. The summed E-state index contributed by atoms with van der Waals surface area (Å²) in [5, 5.41) is 2.09. The monoisotopic (exact) mass is 269 g/mol. The van der Waals surface area contributed by atoms with Crippen molar-refractivity contribution in [3.63, 3.8) is 0 Å². The highest BCUT2D eigenvalue weighted by atomic mass is 32.1. The summed E-state index contributed by atoms with van der Waals surface area (Å²) < 4.78 is 0. The lowest BCUT2D eigenvalue weighted by Crippen LogP contribution is -2.30. The van der Waals surface area contributed by atoms with Crippen molar-refractivity contribution in [2.75, 3.05) is 12.3 Å². The first kappa shape index (κ1) is 13.0. The van der Waals surface area contributed by atoms with E-state index in [-0.39, 0.29) is 6.04 Å². The fourth-order valence-electron chi connectivity index (χ4n) is 2.44. The summed E-state index contributed by atoms with van der Waals surface area (Å²) in [5.74, 6) is 1.55. The van der Waals surface area contributed by atoms with Gasteiger partial charge >= 0.3 is 0 Å². The number of rotatable bonds is 5. The normalized spacial score (nSPS) is 22.1. The van der Waals surface area contributed by atoms with Crippen molar-refractivity contribution in [1.82, 2.24) is 4.90 Å². The second-order valence-electron chi connectivity index (χ2n) is 4.62. The lowest BCUT2D eigenvalue weighted by Gasteiger charge is -2.27. The van der Waals surface area contributed by atoms with Crippen LogP contribution in [0.3, 0.4) is 0 Å². The predicted molar refractivity (Wildman–Crippen MR) is 75.6 cm³/mol. The highest BCUT2D eigenvalue weighted by molar-refractivity contribution is 7.80. The van der Waals surface area contributed by atoms with Crippen LogP contribution in [-0.4, -0.2) is 23.1 Å². The third kappa shape index (κ3) is 2.86. The number of hydrogen-bond acceptors (Lipinski definition) is 3. The molecule has 4 heteroatoms. The minimum atomic E-state index is 0.289. The van der Waals surface area contributed by atoms with Gasteiger partial charge in [-0.3, -0.25) is 4.79 Å². The van der Waals surface area contributed by atoms with Crippen molar-refractivity contribution < 1.29 is 4.79 Å². The van der Waals surface area contributed by atoms with Gasteiger partial charge in [0.05, 0.1) is 6.04 Å². The molecule has 1 aliphatic rings. The van der Waals surface area contributed by atoms with Crippen LogP contribution in [0.1, 0.15) is 37.1 Å². The third-order valence-corrected chi connectivity index (χ3v) is 4.80. The SMILES string of the molecule is CCCC(c1cccs1)N1CC(CS)CC1=O. The van der Waals surface area contributed by atoms with Crippen LogP contribution in [0.5, 0.6) is 0 Å². The Kier molecular flexibility index (Phi) is 4.51. The van der Waals surface area contributed by atoms with Crippen molar-refractivity contribution in [2.24, 2.45) is 5.92 Å². The first-order chi connectivity index (χ1) is 8.26. The molecule has 1 saturated heterocycles. The Hall–Kier alpha value is -0.480. The molecule has 0 N–H and O–H groups in total. The zero-order valence-corrected chi connectivity index (χ0v) is 11.8. The van der Waals surface area contributed by atoms with Gasteiger partial charge in [-0.25, -0.2) is 0 Å². The molecule has 94 valence electrons. The zero-order valence-electron chi connectivity index (χ0n) is 10.1. The molecule has 1 fully saturated rings. The first-order valence-corrected chi connectivity index (χ1v) is 7.71. The van der Waals surface area contributed by atoms with Crippen LogP contribution in [-0.2, 0) is 4.79 Å². The Bertz CT molecular complexity index is 364. The maximum atomic E-state index is 12.1. The summed E-state index contributed by atoms with van der Waals surface area (Å²) in [4.78, 5) is 15.4. The lowest BCUT2D eigenvalue weighted by atomic mass is 10.1. The lowest BCUT2D eigenvalue weighted by molar-refractivity contribution is -0.129. The summed E-state index contributed by atoms with van der Waals surface area (Å²) in [6, 6.07) is 4.50. The molecule has 0 radical (unpaired) electrons. The van der Waals surface area contributed by atoms with Gasteiger partial charge in [0.15, 0.2) is 0 Å². The molecule has 17 heavy (non-hydrogen) atoms. The number of nitrogens with zero attached hydrogens (tertiary/aromatic N) is 1. The van der Waals surface area contributed by atoms with E-state index in [4.69, 9.17) is 0 Å². The van der Waals surface area contributed by atoms with Crippen LogP contribution < -0.4 is 0 Å². The third-order valence-electron chi connectivity index (χ3n) is 3.31. The molecule has 0 bridgehead atoms. The van der Waals surface area contributed by atoms with Crippen molar-refractivity contribution >= 4 is 29.9 Å². The number of carbonyl (C=O) groups excluding carboxylic acids is 1. The van der Waals surface area contributed by atoms with E-state index in [1.54, 1.807) is 11.3 Å². The molecule has 2 rings (SSSR count). The van der Waals surface area contributed by atoms with Gasteiger partial charge in [-0.05, 0) is 29.5 Å². The topological polar surface area (TPSA) is 20.3 Å². The number of thiophene rings is 1. The summed E-state index contributed by atoms with van der Waals surface area (Å²) in [7, 11) is 0. The molecule has 1 amide bonds. The number of amides is 1. The van der Waals surface area contributed by atoms with Gasteiger partial charge < -0.3 is 4.90 Å². The largest absolute Gasteiger partial charge is 0.335 e. The average molecular weight is 269 g/mol. The van der Waals surface area contributed by atoms with Crippen molar-refractivity contribution in [2.45, 2.75) is 32.2 Å². The highest BCUT2D eigenvalue weighted by Gasteiger charge is 2.34. The van der Waals surface area contributed by atoms with Gasteiger partial charge in [-0.2, -0.15) is 12.6 Å². The second-order valence-corrected chi connectivity index (χ2v) is 5.96. The Morgan fingerprint density at radius 2 is 2.47 bits per heavy atom. The molecule has 0 aromatic carbocycles. The van der Waals surface area contributed by atoms with Crippen LogP contribution in [0.25, 0.3) is 0 Å². The number of thiol groups is 1. The van der Waals surface area contributed by atoms with Crippen LogP contribution in [0.2, 0.25) is 0 Å². The molecule has 2 nitrogen and oxygen atoms in total. The van der Waals surface area contributed by atoms with E-state index in [1.165, 1.54) is 4.88 Å². The van der Waals surface area contributed by atoms with E-state index >= 15 is 0 Å². The minimum absolute atomic E-state index is 0.289. The van der Waals surface area contributed by atoms with E-state index in [2.05, 4.69) is 42.0 Å². The molecule has 2 unspecified atom stereocenters. The van der Waals surface area contributed by atoms with Crippen molar-refractivity contribution in [1.29, 1.82) is 0 Å². The fourth-order valence-corrected chi connectivity index (χ4v) is 3.56. The van der Waals surface area contributed by atoms with Crippen molar-refractivity contribution in [3.05, 3.63) is 22.4 Å². The van der Waals surface area contributed by atoms with Crippen LogP contribution in [0.15, 0.2) is 17.5 Å². The summed E-state index contributed by atoms with van der Waals surface area (Å²) in [6.07, 6.45) is 2.85.